The van der Waals surface area contributed by atoms with Gasteiger partial charge in [-0.2, -0.15) is 5.26 Å². The number of aromatic nitrogens is 2. The van der Waals surface area contributed by atoms with Crippen molar-refractivity contribution in [2.24, 2.45) is 0 Å². The number of para-hydroxylation sites is 2. The lowest BCUT2D eigenvalue weighted by atomic mass is 9.97. The number of imidazole rings is 1. The highest BCUT2D eigenvalue weighted by Gasteiger charge is 2.19. The van der Waals surface area contributed by atoms with Gasteiger partial charge in [-0.05, 0) is 88.5 Å². The van der Waals surface area contributed by atoms with Crippen LogP contribution >= 0.6 is 11.3 Å². The highest BCUT2D eigenvalue weighted by molar-refractivity contribution is 7.25. The molecule has 0 radical (unpaired) electrons. The fourth-order valence-electron chi connectivity index (χ4n) is 6.69. The Labute approximate surface area is 282 Å². The van der Waals surface area contributed by atoms with Gasteiger partial charge in [0.25, 0.3) is 0 Å². The van der Waals surface area contributed by atoms with Crippen molar-refractivity contribution in [3.63, 3.8) is 0 Å². The van der Waals surface area contributed by atoms with Crippen LogP contribution in [0.2, 0.25) is 0 Å². The number of rotatable bonds is 5. The monoisotopic (exact) mass is 629 g/mol. The number of nitrogens with zero attached hydrogens (tertiary/aromatic N) is 3. The first kappa shape index (κ1) is 28.0. The molecule has 0 bridgehead atoms. The second kappa shape index (κ2) is 11.5. The Kier molecular flexibility index (Phi) is 6.71. The van der Waals surface area contributed by atoms with Gasteiger partial charge in [-0.1, -0.05) is 103 Å². The molecular formula is C44H27N3S. The molecule has 224 valence electrons. The van der Waals surface area contributed by atoms with Gasteiger partial charge in [0.1, 0.15) is 5.82 Å². The van der Waals surface area contributed by atoms with E-state index < -0.39 is 0 Å². The van der Waals surface area contributed by atoms with E-state index in [9.17, 15) is 5.26 Å². The molecule has 9 aromatic rings. The molecule has 0 spiro atoms. The van der Waals surface area contributed by atoms with Crippen molar-refractivity contribution >= 4 is 42.5 Å². The maximum absolute atomic E-state index is 9.21. The molecule has 0 amide bonds. The fourth-order valence-corrected chi connectivity index (χ4v) is 7.81. The number of hydrogen-bond acceptors (Lipinski definition) is 3. The minimum absolute atomic E-state index is 0.670. The minimum atomic E-state index is 0.670. The Morgan fingerprint density at radius 2 is 1.15 bits per heavy atom. The number of benzene rings is 7. The van der Waals surface area contributed by atoms with Crippen LogP contribution in [-0.4, -0.2) is 9.55 Å². The second-order valence-corrected chi connectivity index (χ2v) is 13.0. The Bertz CT molecular complexity index is 2660. The summed E-state index contributed by atoms with van der Waals surface area (Å²) in [5.74, 6) is 0.913. The van der Waals surface area contributed by atoms with Crippen LogP contribution in [0.25, 0.3) is 81.7 Å². The van der Waals surface area contributed by atoms with E-state index in [2.05, 4.69) is 150 Å². The van der Waals surface area contributed by atoms with Gasteiger partial charge in [-0.15, -0.1) is 11.3 Å². The number of hydrogen-bond donors (Lipinski definition) is 0. The van der Waals surface area contributed by atoms with Gasteiger partial charge in [0.15, 0.2) is 0 Å². The summed E-state index contributed by atoms with van der Waals surface area (Å²) in [5.41, 5.74) is 11.8. The van der Waals surface area contributed by atoms with E-state index >= 15 is 0 Å². The minimum Gasteiger partial charge on any atom is -0.292 e. The highest BCUT2D eigenvalue weighted by Crippen LogP contribution is 2.41. The summed E-state index contributed by atoms with van der Waals surface area (Å²) in [5, 5.41) is 11.7. The maximum Gasteiger partial charge on any atom is 0.145 e. The second-order valence-electron chi connectivity index (χ2n) is 11.9. The summed E-state index contributed by atoms with van der Waals surface area (Å²) >= 11 is 1.81. The molecule has 3 nitrogen and oxygen atoms in total. The topological polar surface area (TPSA) is 41.6 Å². The van der Waals surface area contributed by atoms with Crippen LogP contribution in [-0.2, 0) is 0 Å². The van der Waals surface area contributed by atoms with Crippen molar-refractivity contribution in [1.29, 1.82) is 5.26 Å². The Balaban J connectivity index is 1.23. The van der Waals surface area contributed by atoms with Gasteiger partial charge in [0.05, 0.1) is 28.4 Å². The van der Waals surface area contributed by atoms with E-state index in [1.807, 2.05) is 35.6 Å². The van der Waals surface area contributed by atoms with Crippen LogP contribution in [0, 0.1) is 11.3 Å². The molecule has 0 saturated heterocycles. The van der Waals surface area contributed by atoms with Gasteiger partial charge in [0, 0.05) is 31.3 Å². The SMILES string of the molecule is N#Cc1ccc(-c2ccc3c(c2)sc2ccc(-c4nc5ccccc5n4-c4ccc(-c5ccccc5)cc4-c4ccccc4)cc23)cc1. The van der Waals surface area contributed by atoms with E-state index in [1.165, 1.54) is 31.3 Å². The normalized spacial score (nSPS) is 11.3. The van der Waals surface area contributed by atoms with Gasteiger partial charge in [-0.3, -0.25) is 4.57 Å². The molecule has 0 aliphatic rings. The van der Waals surface area contributed by atoms with Crippen LogP contribution < -0.4 is 0 Å². The molecule has 2 heterocycles. The third-order valence-electron chi connectivity index (χ3n) is 9.07. The predicted octanol–water partition coefficient (Wildman–Crippen LogP) is 11.9. The molecule has 0 unspecified atom stereocenters. The van der Waals surface area contributed by atoms with Crippen molar-refractivity contribution < 1.29 is 0 Å². The van der Waals surface area contributed by atoms with Crippen LogP contribution in [0.3, 0.4) is 0 Å². The molecule has 2 aromatic heterocycles. The van der Waals surface area contributed by atoms with E-state index in [-0.39, 0.29) is 0 Å². The van der Waals surface area contributed by atoms with Crippen LogP contribution in [0.4, 0.5) is 0 Å². The van der Waals surface area contributed by atoms with Gasteiger partial charge < -0.3 is 0 Å². The zero-order valence-electron chi connectivity index (χ0n) is 25.8. The third-order valence-corrected chi connectivity index (χ3v) is 10.2. The maximum atomic E-state index is 9.21. The van der Waals surface area contributed by atoms with Crippen molar-refractivity contribution in [1.82, 2.24) is 9.55 Å². The summed E-state index contributed by atoms with van der Waals surface area (Å²) in [6.45, 7) is 0. The molecule has 0 aliphatic heterocycles. The average Bonchev–Trinajstić information content (AvgIpc) is 3.73. The number of fused-ring (bicyclic) bond motifs is 4. The van der Waals surface area contributed by atoms with Crippen molar-refractivity contribution in [3.8, 4) is 56.5 Å². The first-order valence-corrected chi connectivity index (χ1v) is 16.8. The smallest absolute Gasteiger partial charge is 0.145 e. The summed E-state index contributed by atoms with van der Waals surface area (Å²) in [6.07, 6.45) is 0. The van der Waals surface area contributed by atoms with E-state index in [1.54, 1.807) is 0 Å². The van der Waals surface area contributed by atoms with E-state index in [4.69, 9.17) is 4.98 Å². The molecule has 0 aliphatic carbocycles. The molecule has 0 fully saturated rings. The number of thiophene rings is 1. The number of nitriles is 1. The highest BCUT2D eigenvalue weighted by atomic mass is 32.1. The van der Waals surface area contributed by atoms with Crippen molar-refractivity contribution in [3.05, 3.63) is 169 Å². The van der Waals surface area contributed by atoms with Crippen LogP contribution in [0.15, 0.2) is 164 Å². The Hall–Kier alpha value is -6.28. The lowest BCUT2D eigenvalue weighted by Crippen LogP contribution is -2.00. The zero-order chi connectivity index (χ0) is 32.0. The summed E-state index contributed by atoms with van der Waals surface area (Å²) < 4.78 is 4.80. The van der Waals surface area contributed by atoms with Crippen LogP contribution in [0.1, 0.15) is 5.56 Å². The standard InChI is InChI=1S/C44H27N3S/c45-28-29-15-17-31(18-16-29)34-19-22-36-38-26-35(21-24-42(38)48-43(36)27-34)44-46-39-13-7-8-14-41(39)47(44)40-23-20-33(30-9-3-1-4-10-30)25-37(40)32-11-5-2-6-12-32/h1-27H. The molecule has 0 atom stereocenters. The van der Waals surface area contributed by atoms with Gasteiger partial charge >= 0.3 is 0 Å². The lowest BCUT2D eigenvalue weighted by molar-refractivity contribution is 1.11. The first-order chi connectivity index (χ1) is 23.7. The van der Waals surface area contributed by atoms with Gasteiger partial charge in [0.2, 0.25) is 0 Å². The van der Waals surface area contributed by atoms with Gasteiger partial charge in [-0.25, -0.2) is 4.98 Å². The average molecular weight is 630 g/mol. The summed E-state index contributed by atoms with van der Waals surface area (Å²) in [7, 11) is 0. The predicted molar refractivity (Wildman–Crippen MR) is 200 cm³/mol. The van der Waals surface area contributed by atoms with Crippen molar-refractivity contribution in [2.75, 3.05) is 0 Å². The Morgan fingerprint density at radius 3 is 1.94 bits per heavy atom. The van der Waals surface area contributed by atoms with E-state index in [0.29, 0.717) is 5.56 Å². The van der Waals surface area contributed by atoms with Crippen LogP contribution in [0.5, 0.6) is 0 Å². The van der Waals surface area contributed by atoms with E-state index in [0.717, 1.165) is 50.4 Å². The summed E-state index contributed by atoms with van der Waals surface area (Å²) in [6, 6.07) is 59.8. The molecular weight excluding hydrogens is 603 g/mol. The lowest BCUT2D eigenvalue weighted by Gasteiger charge is -2.17. The molecule has 0 N–H and O–H groups in total. The molecule has 4 heteroatoms. The molecule has 7 aromatic carbocycles. The quantitative estimate of drug-likeness (QED) is 0.190. The fraction of sp³-hybridized carbons (Fsp3) is 0. The first-order valence-electron chi connectivity index (χ1n) is 15.9. The Morgan fingerprint density at radius 1 is 0.500 bits per heavy atom. The zero-order valence-corrected chi connectivity index (χ0v) is 26.7. The molecule has 48 heavy (non-hydrogen) atoms. The summed E-state index contributed by atoms with van der Waals surface area (Å²) in [4.78, 5) is 5.26. The van der Waals surface area contributed by atoms with Crippen molar-refractivity contribution in [2.45, 2.75) is 0 Å². The molecule has 9 rings (SSSR count). The largest absolute Gasteiger partial charge is 0.292 e. The molecule has 0 saturated carbocycles. The third kappa shape index (κ3) is 4.77.